The Hall–Kier alpha value is -2.71. The van der Waals surface area contributed by atoms with Crippen LogP contribution in [0.2, 0.25) is 0 Å². The molecule has 21 heavy (non-hydrogen) atoms. The zero-order valence-corrected chi connectivity index (χ0v) is 12.1. The number of aryl methyl sites for hydroxylation is 1. The van der Waals surface area contributed by atoms with Crippen molar-refractivity contribution in [2.24, 2.45) is 7.05 Å². The Morgan fingerprint density at radius 2 is 2.19 bits per heavy atom. The highest BCUT2D eigenvalue weighted by atomic mass is 16.6. The first kappa shape index (κ1) is 14.7. The third-order valence-corrected chi connectivity index (χ3v) is 3.31. The average Bonchev–Trinajstić information content (AvgIpc) is 2.97. The summed E-state index contributed by atoms with van der Waals surface area (Å²) >= 11 is 0. The molecule has 0 saturated carbocycles. The van der Waals surface area contributed by atoms with Gasteiger partial charge in [-0.25, -0.2) is 0 Å². The molecule has 0 aromatic carbocycles. The molecule has 2 aromatic rings. The summed E-state index contributed by atoms with van der Waals surface area (Å²) in [5, 5.41) is 18.7. The quantitative estimate of drug-likeness (QED) is 0.590. The van der Waals surface area contributed by atoms with Gasteiger partial charge < -0.3 is 4.90 Å². The maximum Gasteiger partial charge on any atom is 0.309 e. The highest BCUT2D eigenvalue weighted by Crippen LogP contribution is 2.16. The summed E-state index contributed by atoms with van der Waals surface area (Å²) in [6.45, 7) is 1.95. The van der Waals surface area contributed by atoms with Gasteiger partial charge in [0, 0.05) is 20.3 Å². The normalized spacial score (nSPS) is 10.6. The fourth-order valence-electron chi connectivity index (χ4n) is 1.91. The first-order valence-electron chi connectivity index (χ1n) is 6.27. The van der Waals surface area contributed by atoms with Gasteiger partial charge in [-0.3, -0.25) is 24.3 Å². The van der Waals surface area contributed by atoms with E-state index in [9.17, 15) is 14.9 Å². The zero-order chi connectivity index (χ0) is 15.6. The van der Waals surface area contributed by atoms with Crippen molar-refractivity contribution < 1.29 is 9.72 Å². The molecule has 0 bridgehead atoms. The van der Waals surface area contributed by atoms with Crippen molar-refractivity contribution in [1.29, 1.82) is 0 Å². The zero-order valence-electron chi connectivity index (χ0n) is 12.1. The van der Waals surface area contributed by atoms with E-state index in [-0.39, 0.29) is 18.1 Å². The molecular formula is C12H16N6O3. The minimum atomic E-state index is -0.511. The van der Waals surface area contributed by atoms with Crippen LogP contribution in [0, 0.1) is 17.0 Å². The number of amides is 1. The van der Waals surface area contributed by atoms with Crippen LogP contribution in [0.4, 0.5) is 5.69 Å². The van der Waals surface area contributed by atoms with Crippen LogP contribution in [-0.2, 0) is 24.9 Å². The summed E-state index contributed by atoms with van der Waals surface area (Å²) < 4.78 is 3.02. The molecule has 2 rings (SSSR count). The third kappa shape index (κ3) is 3.07. The minimum absolute atomic E-state index is 0.0337. The molecule has 0 atom stereocenters. The van der Waals surface area contributed by atoms with Crippen molar-refractivity contribution in [1.82, 2.24) is 24.5 Å². The molecule has 1 amide bonds. The van der Waals surface area contributed by atoms with Crippen LogP contribution in [-0.4, -0.2) is 42.3 Å². The molecule has 0 N–H and O–H groups in total. The van der Waals surface area contributed by atoms with Gasteiger partial charge in [-0.05, 0) is 13.0 Å². The lowest BCUT2D eigenvalue weighted by Gasteiger charge is -2.17. The second-order valence-electron chi connectivity index (χ2n) is 4.73. The van der Waals surface area contributed by atoms with Crippen molar-refractivity contribution in [2.45, 2.75) is 20.0 Å². The molecule has 0 radical (unpaired) electrons. The van der Waals surface area contributed by atoms with Crippen LogP contribution in [0.15, 0.2) is 18.5 Å². The van der Waals surface area contributed by atoms with Crippen molar-refractivity contribution in [2.75, 3.05) is 7.05 Å². The lowest BCUT2D eigenvalue weighted by atomic mass is 10.3. The van der Waals surface area contributed by atoms with E-state index in [1.807, 2.05) is 6.07 Å². The monoisotopic (exact) mass is 292 g/mol. The number of hydrogen-bond acceptors (Lipinski definition) is 5. The molecule has 0 aliphatic heterocycles. The minimum Gasteiger partial charge on any atom is -0.338 e. The van der Waals surface area contributed by atoms with Crippen molar-refractivity contribution in [3.63, 3.8) is 0 Å². The number of hydrogen-bond donors (Lipinski definition) is 0. The molecule has 0 unspecified atom stereocenters. The summed E-state index contributed by atoms with van der Waals surface area (Å²) in [5.41, 5.74) is 1.17. The highest BCUT2D eigenvalue weighted by molar-refractivity contribution is 5.75. The van der Waals surface area contributed by atoms with Crippen molar-refractivity contribution >= 4 is 11.6 Å². The van der Waals surface area contributed by atoms with Gasteiger partial charge in [-0.1, -0.05) is 0 Å². The topological polar surface area (TPSA) is 99.1 Å². The maximum atomic E-state index is 12.1. The van der Waals surface area contributed by atoms with Gasteiger partial charge in [0.1, 0.15) is 18.4 Å². The molecule has 9 heteroatoms. The van der Waals surface area contributed by atoms with E-state index in [0.717, 1.165) is 11.9 Å². The first-order chi connectivity index (χ1) is 9.90. The van der Waals surface area contributed by atoms with Gasteiger partial charge in [-0.15, -0.1) is 0 Å². The standard InChI is InChI=1S/C12H16N6O3/c1-9-11(18(20)21)6-14-17(9)8-12(19)15(2)7-10-4-5-13-16(10)3/h4-6H,7-8H2,1-3H3. The van der Waals surface area contributed by atoms with Crippen LogP contribution in [0.1, 0.15) is 11.4 Å². The lowest BCUT2D eigenvalue weighted by molar-refractivity contribution is -0.385. The van der Waals surface area contributed by atoms with Crippen LogP contribution in [0.3, 0.4) is 0 Å². The molecular weight excluding hydrogens is 276 g/mol. The molecule has 112 valence electrons. The van der Waals surface area contributed by atoms with E-state index in [2.05, 4.69) is 10.2 Å². The van der Waals surface area contributed by atoms with Crippen LogP contribution < -0.4 is 0 Å². The Morgan fingerprint density at radius 1 is 1.48 bits per heavy atom. The maximum absolute atomic E-state index is 12.1. The highest BCUT2D eigenvalue weighted by Gasteiger charge is 2.19. The third-order valence-electron chi connectivity index (χ3n) is 3.31. The molecule has 0 saturated heterocycles. The number of nitrogens with zero attached hydrogens (tertiary/aromatic N) is 6. The van der Waals surface area contributed by atoms with E-state index < -0.39 is 4.92 Å². The molecule has 2 aromatic heterocycles. The summed E-state index contributed by atoms with van der Waals surface area (Å²) in [6, 6.07) is 1.83. The van der Waals surface area contributed by atoms with E-state index in [1.165, 1.54) is 9.58 Å². The Labute approximate surface area is 120 Å². The predicted molar refractivity (Wildman–Crippen MR) is 73.3 cm³/mol. The van der Waals surface area contributed by atoms with E-state index in [0.29, 0.717) is 12.2 Å². The Balaban J connectivity index is 2.04. The van der Waals surface area contributed by atoms with Crippen LogP contribution in [0.5, 0.6) is 0 Å². The molecule has 9 nitrogen and oxygen atoms in total. The number of carbonyl (C=O) groups is 1. The second-order valence-corrected chi connectivity index (χ2v) is 4.73. The number of aromatic nitrogens is 4. The van der Waals surface area contributed by atoms with Gasteiger partial charge in [0.25, 0.3) is 0 Å². The fraction of sp³-hybridized carbons (Fsp3) is 0.417. The Morgan fingerprint density at radius 3 is 2.71 bits per heavy atom. The van der Waals surface area contributed by atoms with Gasteiger partial charge >= 0.3 is 5.69 Å². The van der Waals surface area contributed by atoms with E-state index in [4.69, 9.17) is 0 Å². The lowest BCUT2D eigenvalue weighted by Crippen LogP contribution is -2.31. The smallest absolute Gasteiger partial charge is 0.309 e. The van der Waals surface area contributed by atoms with Crippen LogP contribution in [0.25, 0.3) is 0 Å². The molecule has 0 aliphatic rings. The number of carbonyl (C=O) groups excluding carboxylic acids is 1. The van der Waals surface area contributed by atoms with E-state index in [1.54, 1.807) is 31.9 Å². The summed E-state index contributed by atoms with van der Waals surface area (Å²) in [7, 11) is 3.47. The van der Waals surface area contributed by atoms with Crippen molar-refractivity contribution in [3.8, 4) is 0 Å². The molecule has 0 fully saturated rings. The van der Waals surface area contributed by atoms with Gasteiger partial charge in [0.15, 0.2) is 0 Å². The van der Waals surface area contributed by atoms with Gasteiger partial charge in [0.2, 0.25) is 5.91 Å². The largest absolute Gasteiger partial charge is 0.338 e. The summed E-state index contributed by atoms with van der Waals surface area (Å²) in [5.74, 6) is -0.183. The molecule has 2 heterocycles. The fourth-order valence-corrected chi connectivity index (χ4v) is 1.91. The van der Waals surface area contributed by atoms with Gasteiger partial charge in [-0.2, -0.15) is 10.2 Å². The number of rotatable bonds is 5. The Kier molecular flexibility index (Phi) is 4.01. The number of nitro groups is 1. The summed E-state index contributed by atoms with van der Waals surface area (Å²) in [6.07, 6.45) is 2.82. The second kappa shape index (κ2) is 5.73. The average molecular weight is 292 g/mol. The predicted octanol–water partition coefficient (Wildman–Crippen LogP) is 0.492. The van der Waals surface area contributed by atoms with Crippen LogP contribution >= 0.6 is 0 Å². The molecule has 0 spiro atoms. The van der Waals surface area contributed by atoms with Crippen molar-refractivity contribution in [3.05, 3.63) is 40.0 Å². The Bertz CT molecular complexity index is 674. The number of likely N-dealkylation sites (N-methyl/N-ethyl adjacent to an activating group) is 1. The molecule has 0 aliphatic carbocycles. The summed E-state index contributed by atoms with van der Waals surface area (Å²) in [4.78, 5) is 23.9. The first-order valence-corrected chi connectivity index (χ1v) is 6.27. The SMILES string of the molecule is Cc1c([N+](=O)[O-])cnn1CC(=O)N(C)Cc1ccnn1C. The van der Waals surface area contributed by atoms with Gasteiger partial charge in [0.05, 0.1) is 17.2 Å². The van der Waals surface area contributed by atoms with E-state index >= 15 is 0 Å².